The van der Waals surface area contributed by atoms with Crippen LogP contribution in [0.15, 0.2) is 60.7 Å². The molecule has 0 atom stereocenters. The summed E-state index contributed by atoms with van der Waals surface area (Å²) in [6.45, 7) is 10.5. The van der Waals surface area contributed by atoms with Gasteiger partial charge in [-0.1, -0.05) is 54.1 Å². The van der Waals surface area contributed by atoms with E-state index in [1.54, 1.807) is 71.0 Å². The molecule has 0 unspecified atom stereocenters. The number of nitrogens with one attached hydrogen (secondary N) is 2. The number of rotatable bonds is 14. The van der Waals surface area contributed by atoms with Gasteiger partial charge >= 0.3 is 11.9 Å². The molecule has 2 aliphatic rings. The number of anilines is 2. The van der Waals surface area contributed by atoms with Crippen LogP contribution in [-0.4, -0.2) is 89.9 Å². The Bertz CT molecular complexity index is 2740. The molecule has 2 aromatic heterocycles. The summed E-state index contributed by atoms with van der Waals surface area (Å²) < 4.78 is 77.6. The maximum Gasteiger partial charge on any atom is 0.340 e. The number of hydrogen-bond donors (Lipinski definition) is 2. The first-order valence-corrected chi connectivity index (χ1v) is 25.2. The third-order valence-corrected chi connectivity index (χ3v) is 13.8. The molecule has 0 radical (unpaired) electrons. The number of nitrogens with zero attached hydrogens (tertiary/aromatic N) is 5. The standard InChI is InChI=1S/C24H27FN4O5S.C22H26ClN3O5S/c1-4-34-24(31)20-12-19(13-26)22(27-16(20)3)29-9-7-18(8-10-29)23(30)28-35(32,33)14-17-6-5-15(2)21(25)11-17;1-3-31-22(28)18-13-19(23)20(24-15(18)2)26-11-9-17(10-12-26)21(27)25-32(29,30)14-16-7-5-4-6-8-16/h5-6,11-12,18H,4,7-10,14H2,1-3H3,(H,28,30);4-8,13,17H,3,9-12,14H2,1-2H3,(H,25,27). The summed E-state index contributed by atoms with van der Waals surface area (Å²) in [4.78, 5) is 62.0. The van der Waals surface area contributed by atoms with E-state index in [1.807, 2.05) is 9.80 Å². The summed E-state index contributed by atoms with van der Waals surface area (Å²) in [6.07, 6.45) is 1.63. The third kappa shape index (κ3) is 14.2. The summed E-state index contributed by atoms with van der Waals surface area (Å²) in [7, 11) is -7.76. The van der Waals surface area contributed by atoms with Gasteiger partial charge in [-0.3, -0.25) is 19.0 Å². The Morgan fingerprint density at radius 2 is 1.18 bits per heavy atom. The molecular weight excluding hydrogens is 929 g/mol. The van der Waals surface area contributed by atoms with E-state index in [1.165, 1.54) is 18.2 Å². The van der Waals surface area contributed by atoms with Crippen molar-refractivity contribution in [2.24, 2.45) is 11.8 Å². The Hall–Kier alpha value is -6.17. The predicted molar refractivity (Wildman–Crippen MR) is 249 cm³/mol. The van der Waals surface area contributed by atoms with Gasteiger partial charge in [-0.15, -0.1) is 0 Å². The lowest BCUT2D eigenvalue weighted by Gasteiger charge is -2.32. The Morgan fingerprint density at radius 3 is 1.66 bits per heavy atom. The molecule has 2 amide bonds. The molecule has 358 valence electrons. The summed E-state index contributed by atoms with van der Waals surface area (Å²) in [5, 5.41) is 9.90. The number of sulfonamides is 2. The van der Waals surface area contributed by atoms with Crippen molar-refractivity contribution in [1.29, 1.82) is 5.26 Å². The maximum absolute atomic E-state index is 13.7. The van der Waals surface area contributed by atoms with Crippen molar-refractivity contribution in [2.75, 3.05) is 49.2 Å². The number of hydrogen-bond acceptors (Lipinski definition) is 15. The van der Waals surface area contributed by atoms with Gasteiger partial charge in [-0.25, -0.2) is 40.8 Å². The van der Waals surface area contributed by atoms with Crippen LogP contribution in [-0.2, 0) is 50.6 Å². The summed E-state index contributed by atoms with van der Waals surface area (Å²) in [5.41, 5.74) is 2.96. The molecule has 2 saturated heterocycles. The van der Waals surface area contributed by atoms with Gasteiger partial charge in [-0.2, -0.15) is 5.26 Å². The van der Waals surface area contributed by atoms with Gasteiger partial charge in [0, 0.05) is 38.0 Å². The lowest BCUT2D eigenvalue weighted by atomic mass is 9.96. The van der Waals surface area contributed by atoms with Crippen molar-refractivity contribution in [3.63, 3.8) is 0 Å². The van der Waals surface area contributed by atoms with E-state index < -0.39 is 67.2 Å². The van der Waals surface area contributed by atoms with Crippen molar-refractivity contribution in [3.8, 4) is 6.07 Å². The highest BCUT2D eigenvalue weighted by atomic mass is 35.5. The Labute approximate surface area is 395 Å². The second kappa shape index (κ2) is 23.0. The van der Waals surface area contributed by atoms with Crippen LogP contribution in [0.5, 0.6) is 0 Å². The molecule has 2 aromatic carbocycles. The molecular formula is C46H53ClFN7O10S2. The molecule has 6 rings (SSSR count). The Morgan fingerprint density at radius 1 is 0.716 bits per heavy atom. The van der Waals surface area contributed by atoms with E-state index in [4.69, 9.17) is 21.1 Å². The lowest BCUT2D eigenvalue weighted by Crippen LogP contribution is -2.43. The van der Waals surface area contributed by atoms with Crippen LogP contribution in [0, 0.1) is 49.8 Å². The first-order chi connectivity index (χ1) is 31.7. The van der Waals surface area contributed by atoms with Gasteiger partial charge in [0.05, 0.1) is 57.8 Å². The van der Waals surface area contributed by atoms with Crippen molar-refractivity contribution in [1.82, 2.24) is 19.4 Å². The van der Waals surface area contributed by atoms with Crippen LogP contribution >= 0.6 is 11.6 Å². The van der Waals surface area contributed by atoms with Crippen LogP contribution in [0.25, 0.3) is 0 Å². The van der Waals surface area contributed by atoms with Crippen molar-refractivity contribution >= 4 is 67.0 Å². The fourth-order valence-electron chi connectivity index (χ4n) is 7.53. The number of amides is 2. The van der Waals surface area contributed by atoms with Crippen molar-refractivity contribution < 1.29 is 49.9 Å². The molecule has 2 fully saturated rings. The SMILES string of the molecule is CCOC(=O)c1cc(C#N)c(N2CCC(C(=O)NS(=O)(=O)Cc3ccc(C)c(F)c3)CC2)nc1C.CCOC(=O)c1cc(Cl)c(N2CCC(C(=O)NS(=O)(=O)Cc3ccccc3)CC2)nc1C. The smallest absolute Gasteiger partial charge is 0.340 e. The highest BCUT2D eigenvalue weighted by Crippen LogP contribution is 2.31. The summed E-state index contributed by atoms with van der Waals surface area (Å²) in [5.74, 6) is -3.40. The van der Waals surface area contributed by atoms with Gasteiger partial charge in [0.2, 0.25) is 31.9 Å². The predicted octanol–water partition coefficient (Wildman–Crippen LogP) is 5.83. The zero-order valence-electron chi connectivity index (χ0n) is 37.8. The molecule has 2 N–H and O–H groups in total. The van der Waals surface area contributed by atoms with Crippen molar-refractivity contribution in [2.45, 2.75) is 71.8 Å². The number of ether oxygens (including phenoxy) is 2. The summed E-state index contributed by atoms with van der Waals surface area (Å²) >= 11 is 6.37. The molecule has 67 heavy (non-hydrogen) atoms. The normalized spacial score (nSPS) is 14.5. The number of carbonyl (C=O) groups excluding carboxylic acids is 4. The fourth-order valence-corrected chi connectivity index (χ4v) is 10.1. The fraction of sp³-hybridized carbons (Fsp3) is 0.413. The van der Waals surface area contributed by atoms with E-state index in [0.29, 0.717) is 96.6 Å². The molecule has 0 spiro atoms. The molecule has 0 aliphatic carbocycles. The number of carbonyl (C=O) groups is 4. The second-order valence-electron chi connectivity index (χ2n) is 16.0. The number of benzene rings is 2. The highest BCUT2D eigenvalue weighted by Gasteiger charge is 2.32. The topological polar surface area (TPSA) is 235 Å². The molecule has 17 nitrogen and oxygen atoms in total. The molecule has 4 heterocycles. The number of aryl methyl sites for hydroxylation is 3. The largest absolute Gasteiger partial charge is 0.462 e. The number of piperidine rings is 2. The summed E-state index contributed by atoms with van der Waals surface area (Å²) in [6, 6.07) is 17.9. The first kappa shape index (κ1) is 51.8. The monoisotopic (exact) mass is 981 g/mol. The zero-order valence-corrected chi connectivity index (χ0v) is 40.2. The average molecular weight is 983 g/mol. The highest BCUT2D eigenvalue weighted by molar-refractivity contribution is 7.89. The molecule has 0 saturated carbocycles. The van der Waals surface area contributed by atoms with Gasteiger partial charge < -0.3 is 19.3 Å². The van der Waals surface area contributed by atoms with Crippen molar-refractivity contribution in [3.05, 3.63) is 116 Å². The van der Waals surface area contributed by atoms with Crippen LogP contribution in [0.4, 0.5) is 16.0 Å². The molecule has 2 aliphatic heterocycles. The van der Waals surface area contributed by atoms with Gasteiger partial charge in [-0.05, 0) is 95.2 Å². The number of nitriles is 1. The lowest BCUT2D eigenvalue weighted by molar-refractivity contribution is -0.124. The quantitative estimate of drug-likeness (QED) is 0.141. The van der Waals surface area contributed by atoms with Crippen LogP contribution in [0.1, 0.15) is 93.9 Å². The van der Waals surface area contributed by atoms with E-state index in [9.17, 15) is 45.7 Å². The van der Waals surface area contributed by atoms with Crippen LogP contribution in [0.2, 0.25) is 5.02 Å². The minimum absolute atomic E-state index is 0.203. The average Bonchev–Trinajstić information content (AvgIpc) is 3.28. The Balaban J connectivity index is 0.000000252. The van der Waals surface area contributed by atoms with Gasteiger partial charge in [0.1, 0.15) is 23.5 Å². The minimum atomic E-state index is -3.99. The Kier molecular flexibility index (Phi) is 17.8. The van der Waals surface area contributed by atoms with E-state index in [0.717, 1.165) is 6.07 Å². The maximum atomic E-state index is 13.7. The minimum Gasteiger partial charge on any atom is -0.462 e. The number of esters is 2. The van der Waals surface area contributed by atoms with Gasteiger partial charge in [0.25, 0.3) is 0 Å². The number of halogens is 2. The molecule has 0 bridgehead atoms. The van der Waals surface area contributed by atoms with E-state index >= 15 is 0 Å². The van der Waals surface area contributed by atoms with Crippen LogP contribution < -0.4 is 19.2 Å². The van der Waals surface area contributed by atoms with Gasteiger partial charge in [0.15, 0.2) is 0 Å². The number of aromatic nitrogens is 2. The first-order valence-electron chi connectivity index (χ1n) is 21.5. The van der Waals surface area contributed by atoms with Crippen LogP contribution in [0.3, 0.4) is 0 Å². The van der Waals surface area contributed by atoms with E-state index in [2.05, 4.69) is 25.5 Å². The molecule has 4 aromatic rings. The third-order valence-electron chi connectivity index (χ3n) is 11.1. The number of pyridine rings is 2. The van der Waals surface area contributed by atoms with E-state index in [-0.39, 0.29) is 35.7 Å². The second-order valence-corrected chi connectivity index (χ2v) is 19.9. The zero-order chi connectivity index (χ0) is 49.1. The molecule has 21 heteroatoms.